The van der Waals surface area contributed by atoms with Gasteiger partial charge in [0.1, 0.15) is 11.6 Å². The molecule has 0 saturated carbocycles. The number of hydrogen-bond acceptors (Lipinski definition) is 6. The summed E-state index contributed by atoms with van der Waals surface area (Å²) >= 11 is 5.70. The highest BCUT2D eigenvalue weighted by molar-refractivity contribution is 6.32. The molecule has 152 valence electrons. The van der Waals surface area contributed by atoms with Gasteiger partial charge < -0.3 is 10.1 Å². The number of nitro groups is 1. The van der Waals surface area contributed by atoms with Gasteiger partial charge in [-0.2, -0.15) is 0 Å². The molecule has 1 atom stereocenters. The Kier molecular flexibility index (Phi) is 7.06. The van der Waals surface area contributed by atoms with Crippen molar-refractivity contribution in [3.05, 3.63) is 73.8 Å². The molecule has 0 bridgehead atoms. The quantitative estimate of drug-likeness (QED) is 0.319. The van der Waals surface area contributed by atoms with Gasteiger partial charge in [-0.25, -0.2) is 0 Å². The summed E-state index contributed by atoms with van der Waals surface area (Å²) in [4.78, 5) is 46.8. The second-order valence-electron chi connectivity index (χ2n) is 6.42. The van der Waals surface area contributed by atoms with Crippen molar-refractivity contribution in [3.8, 4) is 0 Å². The zero-order valence-corrected chi connectivity index (χ0v) is 16.8. The number of Topliss-reactive ketones (excluding diaryl/α,β-unsaturated/α-hetero) is 1. The van der Waals surface area contributed by atoms with Crippen molar-refractivity contribution in [2.75, 3.05) is 6.54 Å². The molecule has 0 radical (unpaired) electrons. The fraction of sp³-hybridized carbons (Fsp3) is 0.250. The number of ketones is 1. The molecule has 0 aliphatic carbocycles. The van der Waals surface area contributed by atoms with E-state index in [2.05, 4.69) is 5.32 Å². The molecule has 0 saturated heterocycles. The predicted octanol–water partition coefficient (Wildman–Crippen LogP) is 3.41. The molecule has 0 aromatic heterocycles. The molecule has 0 heterocycles. The minimum absolute atomic E-state index is 0.0339. The number of rotatable bonds is 7. The van der Waals surface area contributed by atoms with E-state index >= 15 is 0 Å². The summed E-state index contributed by atoms with van der Waals surface area (Å²) in [5.41, 5.74) is 1.67. The van der Waals surface area contributed by atoms with Crippen molar-refractivity contribution in [1.82, 2.24) is 5.32 Å². The lowest BCUT2D eigenvalue weighted by atomic mass is 9.99. The van der Waals surface area contributed by atoms with Crippen LogP contribution in [0.25, 0.3) is 0 Å². The first-order valence-electron chi connectivity index (χ1n) is 8.63. The molecular weight excluding hydrogens is 400 g/mol. The maximum absolute atomic E-state index is 12.5. The van der Waals surface area contributed by atoms with Crippen LogP contribution in [-0.2, 0) is 9.53 Å². The molecule has 1 N–H and O–H groups in total. The molecule has 2 aromatic rings. The Morgan fingerprint density at radius 1 is 1.17 bits per heavy atom. The molecule has 0 aliphatic heterocycles. The predicted molar refractivity (Wildman–Crippen MR) is 106 cm³/mol. The Hall–Kier alpha value is -3.26. The van der Waals surface area contributed by atoms with Crippen LogP contribution in [0.15, 0.2) is 36.4 Å². The van der Waals surface area contributed by atoms with Gasteiger partial charge in [-0.05, 0) is 44.5 Å². The molecule has 29 heavy (non-hydrogen) atoms. The van der Waals surface area contributed by atoms with Crippen LogP contribution in [0.1, 0.15) is 38.8 Å². The van der Waals surface area contributed by atoms with E-state index < -0.39 is 35.1 Å². The average molecular weight is 419 g/mol. The summed E-state index contributed by atoms with van der Waals surface area (Å²) in [5, 5.41) is 13.1. The van der Waals surface area contributed by atoms with Gasteiger partial charge in [0.05, 0.1) is 4.92 Å². The summed E-state index contributed by atoms with van der Waals surface area (Å²) in [7, 11) is 0. The molecular formula is C20H19ClN2O6. The summed E-state index contributed by atoms with van der Waals surface area (Å²) in [6, 6.07) is 8.93. The molecule has 2 aromatic carbocycles. The number of aryl methyl sites for hydroxylation is 2. The average Bonchev–Trinajstić information content (AvgIpc) is 2.67. The van der Waals surface area contributed by atoms with Gasteiger partial charge in [0, 0.05) is 17.2 Å². The Morgan fingerprint density at radius 2 is 1.86 bits per heavy atom. The van der Waals surface area contributed by atoms with Crippen LogP contribution in [0.2, 0.25) is 5.02 Å². The highest BCUT2D eigenvalue weighted by Crippen LogP contribution is 2.25. The van der Waals surface area contributed by atoms with Crippen molar-refractivity contribution in [2.24, 2.45) is 0 Å². The van der Waals surface area contributed by atoms with E-state index in [1.54, 1.807) is 13.0 Å². The highest BCUT2D eigenvalue weighted by Gasteiger charge is 2.22. The number of nitrogens with zero attached hydrogens (tertiary/aromatic N) is 1. The van der Waals surface area contributed by atoms with Crippen LogP contribution in [0, 0.1) is 24.0 Å². The second-order valence-corrected chi connectivity index (χ2v) is 6.83. The van der Waals surface area contributed by atoms with Gasteiger partial charge in [-0.15, -0.1) is 0 Å². The minimum Gasteiger partial charge on any atom is -0.453 e. The first-order chi connectivity index (χ1) is 13.6. The lowest BCUT2D eigenvalue weighted by Crippen LogP contribution is -2.34. The van der Waals surface area contributed by atoms with Crippen LogP contribution in [0.3, 0.4) is 0 Å². The molecule has 1 amide bonds. The van der Waals surface area contributed by atoms with E-state index in [9.17, 15) is 24.5 Å². The van der Waals surface area contributed by atoms with Crippen molar-refractivity contribution in [1.29, 1.82) is 0 Å². The van der Waals surface area contributed by atoms with Crippen LogP contribution in [-0.4, -0.2) is 35.2 Å². The largest absolute Gasteiger partial charge is 0.453 e. The first-order valence-corrected chi connectivity index (χ1v) is 9.01. The lowest BCUT2D eigenvalue weighted by Gasteiger charge is -2.14. The number of amides is 1. The second kappa shape index (κ2) is 9.29. The number of carbonyl (C=O) groups is 3. The number of carbonyl (C=O) groups excluding carboxylic acids is 3. The molecule has 2 rings (SSSR count). The third-order valence-electron chi connectivity index (χ3n) is 4.13. The highest BCUT2D eigenvalue weighted by atomic mass is 35.5. The minimum atomic E-state index is -1.03. The Labute approximate surface area is 172 Å². The van der Waals surface area contributed by atoms with Crippen molar-refractivity contribution in [3.63, 3.8) is 0 Å². The third-order valence-corrected chi connectivity index (χ3v) is 4.45. The molecule has 0 unspecified atom stereocenters. The molecule has 0 fully saturated rings. The molecule has 8 nitrogen and oxygen atoms in total. The number of nitrogens with one attached hydrogen (secondary N) is 1. The molecule has 0 aliphatic rings. The fourth-order valence-corrected chi connectivity index (χ4v) is 2.75. The Bertz CT molecular complexity index is 989. The maximum Gasteiger partial charge on any atom is 0.326 e. The summed E-state index contributed by atoms with van der Waals surface area (Å²) in [5.74, 6) is -1.87. The van der Waals surface area contributed by atoms with E-state index in [1.165, 1.54) is 19.1 Å². The monoisotopic (exact) mass is 418 g/mol. The van der Waals surface area contributed by atoms with Gasteiger partial charge in [0.15, 0.2) is 6.10 Å². The lowest BCUT2D eigenvalue weighted by molar-refractivity contribution is -0.384. The Morgan fingerprint density at radius 3 is 2.52 bits per heavy atom. The topological polar surface area (TPSA) is 116 Å². The molecule has 9 heteroatoms. The van der Waals surface area contributed by atoms with Gasteiger partial charge in [0.2, 0.25) is 5.78 Å². The number of halogens is 1. The van der Waals surface area contributed by atoms with E-state index in [-0.39, 0.29) is 16.4 Å². The number of benzene rings is 2. The van der Waals surface area contributed by atoms with E-state index in [0.29, 0.717) is 5.56 Å². The zero-order chi connectivity index (χ0) is 21.7. The van der Waals surface area contributed by atoms with Crippen molar-refractivity contribution < 1.29 is 24.0 Å². The SMILES string of the molecule is Cc1ccc(C)c(C(=O)[C@H](C)OC(=O)CNC(=O)c2ccc(Cl)c([N+](=O)[O-])c2)c1. The number of ether oxygens (including phenoxy) is 1. The molecule has 0 spiro atoms. The summed E-state index contributed by atoms with van der Waals surface area (Å²) in [6.07, 6.45) is -1.03. The van der Waals surface area contributed by atoms with E-state index in [4.69, 9.17) is 16.3 Å². The Balaban J connectivity index is 1.96. The van der Waals surface area contributed by atoms with Gasteiger partial charge in [-0.1, -0.05) is 29.3 Å². The van der Waals surface area contributed by atoms with Gasteiger partial charge in [0.25, 0.3) is 11.6 Å². The number of nitro benzene ring substituents is 1. The van der Waals surface area contributed by atoms with Crippen LogP contribution in [0.5, 0.6) is 0 Å². The van der Waals surface area contributed by atoms with Crippen LogP contribution >= 0.6 is 11.6 Å². The first kappa shape index (κ1) is 22.0. The number of hydrogen-bond donors (Lipinski definition) is 1. The standard InChI is InChI=1S/C20H19ClN2O6/c1-11-4-5-12(2)15(8-11)19(25)13(3)29-18(24)10-22-20(26)14-6-7-16(21)17(9-14)23(27)28/h4-9,13H,10H2,1-3H3,(H,22,26)/t13-/m0/s1. The fourth-order valence-electron chi connectivity index (χ4n) is 2.56. The normalized spacial score (nSPS) is 11.4. The van der Waals surface area contributed by atoms with Crippen LogP contribution in [0.4, 0.5) is 5.69 Å². The van der Waals surface area contributed by atoms with Crippen molar-refractivity contribution in [2.45, 2.75) is 26.9 Å². The van der Waals surface area contributed by atoms with Gasteiger partial charge >= 0.3 is 5.97 Å². The number of esters is 1. The van der Waals surface area contributed by atoms with Crippen LogP contribution < -0.4 is 5.32 Å². The summed E-state index contributed by atoms with van der Waals surface area (Å²) in [6.45, 7) is 4.59. The van der Waals surface area contributed by atoms with E-state index in [1.807, 2.05) is 19.1 Å². The maximum atomic E-state index is 12.5. The van der Waals surface area contributed by atoms with Crippen molar-refractivity contribution >= 4 is 34.9 Å². The smallest absolute Gasteiger partial charge is 0.326 e. The van der Waals surface area contributed by atoms with Gasteiger partial charge in [-0.3, -0.25) is 24.5 Å². The summed E-state index contributed by atoms with van der Waals surface area (Å²) < 4.78 is 5.10. The third kappa shape index (κ3) is 5.61. The zero-order valence-electron chi connectivity index (χ0n) is 16.0. The van der Waals surface area contributed by atoms with E-state index in [0.717, 1.165) is 17.2 Å².